The standard InChI is InChI=1S/C21H18F4N4O2S/c1-12-10-16(29-19(30)13-4-2-5-14(22)11-13)32-17(12)20(31)28-9-8-27-18-15(21(23,24)25)6-3-7-26-18/h2-7,10-11H,8-9H2,1H3,(H,26,27)(H,28,31)(H,29,30). The van der Waals surface area contributed by atoms with Crippen molar-refractivity contribution in [3.63, 3.8) is 0 Å². The number of benzene rings is 1. The van der Waals surface area contributed by atoms with Crippen LogP contribution in [-0.4, -0.2) is 29.9 Å². The number of hydrogen-bond acceptors (Lipinski definition) is 5. The lowest BCUT2D eigenvalue weighted by molar-refractivity contribution is -0.137. The van der Waals surface area contributed by atoms with E-state index in [2.05, 4.69) is 20.9 Å². The highest BCUT2D eigenvalue weighted by Gasteiger charge is 2.33. The number of thiophene rings is 1. The highest BCUT2D eigenvalue weighted by molar-refractivity contribution is 7.18. The van der Waals surface area contributed by atoms with Gasteiger partial charge in [0, 0.05) is 24.8 Å². The molecule has 2 aromatic heterocycles. The van der Waals surface area contributed by atoms with E-state index in [9.17, 15) is 27.2 Å². The zero-order valence-corrected chi connectivity index (χ0v) is 17.5. The number of alkyl halides is 3. The molecular weight excluding hydrogens is 448 g/mol. The molecule has 3 aromatic rings. The Hall–Kier alpha value is -3.47. The molecule has 6 nitrogen and oxygen atoms in total. The summed E-state index contributed by atoms with van der Waals surface area (Å²) in [6.07, 6.45) is -3.30. The SMILES string of the molecule is Cc1cc(NC(=O)c2cccc(F)c2)sc1C(=O)NCCNc1ncccc1C(F)(F)F. The third-order valence-electron chi connectivity index (χ3n) is 4.26. The van der Waals surface area contributed by atoms with Crippen LogP contribution < -0.4 is 16.0 Å². The number of carbonyl (C=O) groups excluding carboxylic acids is 2. The molecule has 0 atom stereocenters. The van der Waals surface area contributed by atoms with Crippen molar-refractivity contribution in [3.05, 3.63) is 76.0 Å². The fraction of sp³-hybridized carbons (Fsp3) is 0.190. The van der Waals surface area contributed by atoms with Crippen LogP contribution in [0.15, 0.2) is 48.7 Å². The van der Waals surface area contributed by atoms with Crippen molar-refractivity contribution in [2.75, 3.05) is 23.7 Å². The Morgan fingerprint density at radius 2 is 1.84 bits per heavy atom. The Balaban J connectivity index is 1.55. The van der Waals surface area contributed by atoms with E-state index in [0.717, 1.165) is 23.5 Å². The minimum Gasteiger partial charge on any atom is -0.368 e. The lowest BCUT2D eigenvalue weighted by Crippen LogP contribution is -2.29. The van der Waals surface area contributed by atoms with Crippen LogP contribution in [0.2, 0.25) is 0 Å². The number of aryl methyl sites for hydroxylation is 1. The van der Waals surface area contributed by atoms with Gasteiger partial charge in [-0.3, -0.25) is 9.59 Å². The highest BCUT2D eigenvalue weighted by atomic mass is 32.1. The van der Waals surface area contributed by atoms with Crippen LogP contribution in [0.1, 0.15) is 31.2 Å². The molecule has 0 unspecified atom stereocenters. The number of nitrogens with zero attached hydrogens (tertiary/aromatic N) is 1. The van der Waals surface area contributed by atoms with Gasteiger partial charge in [-0.05, 0) is 48.9 Å². The van der Waals surface area contributed by atoms with Gasteiger partial charge in [-0.1, -0.05) is 6.07 Å². The first-order chi connectivity index (χ1) is 15.1. The second kappa shape index (κ2) is 9.77. The Morgan fingerprint density at radius 3 is 2.56 bits per heavy atom. The summed E-state index contributed by atoms with van der Waals surface area (Å²) in [6.45, 7) is 1.76. The molecule has 0 radical (unpaired) electrons. The van der Waals surface area contributed by atoms with Gasteiger partial charge in [-0.25, -0.2) is 9.37 Å². The van der Waals surface area contributed by atoms with Crippen molar-refractivity contribution in [2.24, 2.45) is 0 Å². The third-order valence-corrected chi connectivity index (χ3v) is 5.41. The van der Waals surface area contributed by atoms with Gasteiger partial charge in [0.2, 0.25) is 0 Å². The summed E-state index contributed by atoms with van der Waals surface area (Å²) in [5, 5.41) is 8.20. The molecule has 11 heteroatoms. The van der Waals surface area contributed by atoms with E-state index in [1.165, 1.54) is 30.5 Å². The fourth-order valence-electron chi connectivity index (χ4n) is 2.80. The van der Waals surface area contributed by atoms with Crippen molar-refractivity contribution in [1.82, 2.24) is 10.3 Å². The number of rotatable bonds is 7. The van der Waals surface area contributed by atoms with E-state index in [4.69, 9.17) is 0 Å². The molecule has 3 N–H and O–H groups in total. The van der Waals surface area contributed by atoms with Gasteiger partial charge in [0.1, 0.15) is 11.6 Å². The number of amides is 2. The lowest BCUT2D eigenvalue weighted by atomic mass is 10.2. The molecule has 0 bridgehead atoms. The first-order valence-corrected chi connectivity index (χ1v) is 10.2. The number of halogens is 4. The number of pyridine rings is 1. The molecule has 0 aliphatic carbocycles. The maximum absolute atomic E-state index is 13.3. The number of nitrogens with one attached hydrogen (secondary N) is 3. The Labute approximate surface area is 184 Å². The first kappa shape index (κ1) is 23.2. The summed E-state index contributed by atoms with van der Waals surface area (Å²) in [7, 11) is 0. The quantitative estimate of drug-likeness (QED) is 0.348. The topological polar surface area (TPSA) is 83.1 Å². The van der Waals surface area contributed by atoms with E-state index in [1.54, 1.807) is 13.0 Å². The summed E-state index contributed by atoms with van der Waals surface area (Å²) in [5.41, 5.74) is -0.140. The van der Waals surface area contributed by atoms with Crippen LogP contribution in [0.4, 0.5) is 28.4 Å². The third kappa shape index (κ3) is 5.82. The van der Waals surface area contributed by atoms with Gasteiger partial charge < -0.3 is 16.0 Å². The van der Waals surface area contributed by atoms with Gasteiger partial charge in [-0.2, -0.15) is 13.2 Å². The molecule has 0 saturated heterocycles. The van der Waals surface area contributed by atoms with Gasteiger partial charge in [-0.15, -0.1) is 11.3 Å². The van der Waals surface area contributed by atoms with Crippen LogP contribution in [-0.2, 0) is 6.18 Å². The van der Waals surface area contributed by atoms with Crippen LogP contribution >= 0.6 is 11.3 Å². The minimum atomic E-state index is -4.54. The molecular formula is C21H18F4N4O2S. The number of carbonyl (C=O) groups is 2. The second-order valence-corrected chi connectivity index (χ2v) is 7.72. The van der Waals surface area contributed by atoms with Gasteiger partial charge in [0.25, 0.3) is 11.8 Å². The van der Waals surface area contributed by atoms with Gasteiger partial charge >= 0.3 is 6.18 Å². The first-order valence-electron chi connectivity index (χ1n) is 9.37. The summed E-state index contributed by atoms with van der Waals surface area (Å²) in [4.78, 5) is 28.7. The van der Waals surface area contributed by atoms with E-state index < -0.39 is 29.4 Å². The Kier molecular flexibility index (Phi) is 7.08. The molecule has 3 rings (SSSR count). The van der Waals surface area contributed by atoms with Crippen molar-refractivity contribution >= 4 is 34.0 Å². The smallest absolute Gasteiger partial charge is 0.368 e. The summed E-state index contributed by atoms with van der Waals surface area (Å²) >= 11 is 1.04. The van der Waals surface area contributed by atoms with Crippen LogP contribution in [0.25, 0.3) is 0 Å². The van der Waals surface area contributed by atoms with E-state index in [-0.39, 0.29) is 24.5 Å². The number of hydrogen-bond donors (Lipinski definition) is 3. The minimum absolute atomic E-state index is 0.0272. The Morgan fingerprint density at radius 1 is 1.06 bits per heavy atom. The maximum atomic E-state index is 13.3. The lowest BCUT2D eigenvalue weighted by Gasteiger charge is -2.13. The van der Waals surface area contributed by atoms with Crippen molar-refractivity contribution in [3.8, 4) is 0 Å². The molecule has 2 amide bonds. The van der Waals surface area contributed by atoms with Gasteiger partial charge in [0.05, 0.1) is 15.4 Å². The molecule has 0 aliphatic rings. The summed E-state index contributed by atoms with van der Waals surface area (Å²) < 4.78 is 52.2. The zero-order chi connectivity index (χ0) is 23.3. The normalized spacial score (nSPS) is 11.2. The van der Waals surface area contributed by atoms with Crippen molar-refractivity contribution in [1.29, 1.82) is 0 Å². The maximum Gasteiger partial charge on any atom is 0.419 e. The molecule has 2 heterocycles. The monoisotopic (exact) mass is 466 g/mol. The molecule has 1 aromatic carbocycles. The largest absolute Gasteiger partial charge is 0.419 e. The highest BCUT2D eigenvalue weighted by Crippen LogP contribution is 2.33. The average Bonchev–Trinajstić information content (AvgIpc) is 3.10. The predicted molar refractivity (Wildman–Crippen MR) is 113 cm³/mol. The van der Waals surface area contributed by atoms with Gasteiger partial charge in [0.15, 0.2) is 0 Å². The van der Waals surface area contributed by atoms with Crippen LogP contribution in [0, 0.1) is 12.7 Å². The molecule has 168 valence electrons. The van der Waals surface area contributed by atoms with E-state index >= 15 is 0 Å². The molecule has 32 heavy (non-hydrogen) atoms. The summed E-state index contributed by atoms with van der Waals surface area (Å²) in [5.74, 6) is -1.80. The summed E-state index contributed by atoms with van der Waals surface area (Å²) in [6, 6.07) is 8.93. The molecule has 0 fully saturated rings. The molecule has 0 aliphatic heterocycles. The average molecular weight is 466 g/mol. The fourth-order valence-corrected chi connectivity index (χ4v) is 3.78. The number of aromatic nitrogens is 1. The zero-order valence-electron chi connectivity index (χ0n) is 16.7. The predicted octanol–water partition coefficient (Wildman–Crippen LogP) is 4.70. The van der Waals surface area contributed by atoms with Crippen molar-refractivity contribution in [2.45, 2.75) is 13.1 Å². The van der Waals surface area contributed by atoms with Crippen molar-refractivity contribution < 1.29 is 27.2 Å². The number of anilines is 2. The Bertz CT molecular complexity index is 1130. The molecule has 0 spiro atoms. The van der Waals surface area contributed by atoms with E-state index in [1.807, 2.05) is 0 Å². The molecule has 0 saturated carbocycles. The van der Waals surface area contributed by atoms with Crippen LogP contribution in [0.5, 0.6) is 0 Å². The van der Waals surface area contributed by atoms with Crippen LogP contribution in [0.3, 0.4) is 0 Å². The second-order valence-electron chi connectivity index (χ2n) is 6.67. The van der Waals surface area contributed by atoms with E-state index in [0.29, 0.717) is 15.4 Å².